The lowest BCUT2D eigenvalue weighted by Crippen LogP contribution is -2.17. The fraction of sp³-hybridized carbons (Fsp3) is 0.438. The molecule has 2 aromatic rings. The molecule has 0 radical (unpaired) electrons. The average Bonchev–Trinajstić information content (AvgIpc) is 3.05. The van der Waals surface area contributed by atoms with Crippen LogP contribution in [-0.2, 0) is 0 Å². The minimum absolute atomic E-state index is 0.0175. The van der Waals surface area contributed by atoms with E-state index in [2.05, 4.69) is 10.5 Å². The summed E-state index contributed by atoms with van der Waals surface area (Å²) in [5.74, 6) is 0.636. The molecule has 1 aromatic heterocycles. The molecule has 0 aliphatic heterocycles. The number of aliphatic hydroxyl groups is 1. The zero-order chi connectivity index (χ0) is 16.6. The number of nitro benzene ring substituents is 1. The van der Waals surface area contributed by atoms with Gasteiger partial charge < -0.3 is 14.9 Å². The quantitative estimate of drug-likeness (QED) is 0.663. The second-order valence-electron chi connectivity index (χ2n) is 6.00. The Morgan fingerprint density at radius 3 is 2.74 bits per heavy atom. The molecule has 1 aromatic carbocycles. The molecule has 1 fully saturated rings. The number of aliphatic hydroxyl groups excluding tert-OH is 1. The van der Waals surface area contributed by atoms with Crippen molar-refractivity contribution in [2.75, 3.05) is 5.32 Å². The van der Waals surface area contributed by atoms with E-state index < -0.39 is 4.92 Å². The lowest BCUT2D eigenvalue weighted by Gasteiger charge is -2.14. The number of hydrogen-bond donors (Lipinski definition) is 2. The standard InChI is InChI=1S/C16H19N3O4/c1-9-16(10(2)23-18-9)11-3-6-14(15(7-11)19(21)22)17-12-4-5-13(20)8-12/h3,6-7,12-13,17,20H,4-5,8H2,1-2H3. The summed E-state index contributed by atoms with van der Waals surface area (Å²) in [6.45, 7) is 3.59. The molecule has 2 unspecified atom stereocenters. The minimum atomic E-state index is -0.393. The SMILES string of the molecule is Cc1noc(C)c1-c1ccc(NC2CCC(O)C2)c([N+](=O)[O-])c1. The van der Waals surface area contributed by atoms with Gasteiger partial charge in [-0.25, -0.2) is 0 Å². The van der Waals surface area contributed by atoms with Crippen LogP contribution in [0.5, 0.6) is 0 Å². The predicted molar refractivity (Wildman–Crippen MR) is 85.3 cm³/mol. The lowest BCUT2D eigenvalue weighted by atomic mass is 10.0. The van der Waals surface area contributed by atoms with E-state index in [0.29, 0.717) is 29.1 Å². The van der Waals surface area contributed by atoms with Gasteiger partial charge in [-0.2, -0.15) is 0 Å². The van der Waals surface area contributed by atoms with E-state index in [0.717, 1.165) is 18.4 Å². The van der Waals surface area contributed by atoms with Crippen molar-refractivity contribution in [3.8, 4) is 11.1 Å². The third kappa shape index (κ3) is 3.05. The van der Waals surface area contributed by atoms with Crippen LogP contribution in [0.2, 0.25) is 0 Å². The Kier molecular flexibility index (Phi) is 4.04. The summed E-state index contributed by atoms with van der Waals surface area (Å²) in [6.07, 6.45) is 1.82. The van der Waals surface area contributed by atoms with Gasteiger partial charge in [-0.15, -0.1) is 0 Å². The van der Waals surface area contributed by atoms with E-state index in [-0.39, 0.29) is 17.8 Å². The van der Waals surface area contributed by atoms with Crippen LogP contribution < -0.4 is 5.32 Å². The number of hydrogen-bond acceptors (Lipinski definition) is 6. The van der Waals surface area contributed by atoms with Crippen molar-refractivity contribution in [2.24, 2.45) is 0 Å². The molecular formula is C16H19N3O4. The van der Waals surface area contributed by atoms with Gasteiger partial charge in [-0.05, 0) is 44.7 Å². The highest BCUT2D eigenvalue weighted by atomic mass is 16.6. The molecule has 2 N–H and O–H groups in total. The van der Waals surface area contributed by atoms with Crippen molar-refractivity contribution in [2.45, 2.75) is 45.3 Å². The smallest absolute Gasteiger partial charge is 0.292 e. The van der Waals surface area contributed by atoms with Crippen molar-refractivity contribution < 1.29 is 14.6 Å². The first-order valence-corrected chi connectivity index (χ1v) is 7.62. The Morgan fingerprint density at radius 1 is 1.39 bits per heavy atom. The van der Waals surface area contributed by atoms with E-state index in [4.69, 9.17) is 4.52 Å². The first kappa shape index (κ1) is 15.5. The predicted octanol–water partition coefficient (Wildman–Crippen LogP) is 3.19. The van der Waals surface area contributed by atoms with Gasteiger partial charge in [0.1, 0.15) is 11.4 Å². The van der Waals surface area contributed by atoms with E-state index >= 15 is 0 Å². The van der Waals surface area contributed by atoms with Gasteiger partial charge in [-0.3, -0.25) is 10.1 Å². The number of aryl methyl sites for hydroxylation is 2. The fourth-order valence-electron chi connectivity index (χ4n) is 3.16. The zero-order valence-corrected chi connectivity index (χ0v) is 13.1. The molecule has 0 saturated heterocycles. The van der Waals surface area contributed by atoms with Crippen LogP contribution in [0, 0.1) is 24.0 Å². The number of nitro groups is 1. The number of nitrogens with zero attached hydrogens (tertiary/aromatic N) is 2. The van der Waals surface area contributed by atoms with Gasteiger partial charge in [-0.1, -0.05) is 11.2 Å². The minimum Gasteiger partial charge on any atom is -0.393 e. The third-order valence-corrected chi connectivity index (χ3v) is 4.28. The lowest BCUT2D eigenvalue weighted by molar-refractivity contribution is -0.383. The maximum atomic E-state index is 11.4. The van der Waals surface area contributed by atoms with Crippen molar-refractivity contribution in [1.29, 1.82) is 0 Å². The van der Waals surface area contributed by atoms with Gasteiger partial charge in [0.05, 0.1) is 16.7 Å². The van der Waals surface area contributed by atoms with E-state index in [1.165, 1.54) is 0 Å². The largest absolute Gasteiger partial charge is 0.393 e. The van der Waals surface area contributed by atoms with Gasteiger partial charge in [0.2, 0.25) is 0 Å². The highest BCUT2D eigenvalue weighted by Crippen LogP contribution is 2.35. The molecule has 2 atom stereocenters. The summed E-state index contributed by atoms with van der Waals surface area (Å²) in [6, 6.07) is 5.14. The normalized spacial score (nSPS) is 20.7. The van der Waals surface area contributed by atoms with Gasteiger partial charge >= 0.3 is 0 Å². The van der Waals surface area contributed by atoms with Crippen LogP contribution >= 0.6 is 0 Å². The van der Waals surface area contributed by atoms with Gasteiger partial charge in [0.15, 0.2) is 0 Å². The Labute approximate surface area is 133 Å². The average molecular weight is 317 g/mol. The Bertz CT molecular complexity index is 721. The van der Waals surface area contributed by atoms with E-state index in [1.54, 1.807) is 19.1 Å². The van der Waals surface area contributed by atoms with Crippen molar-refractivity contribution >= 4 is 11.4 Å². The number of aromatic nitrogens is 1. The van der Waals surface area contributed by atoms with Crippen molar-refractivity contribution in [1.82, 2.24) is 5.16 Å². The third-order valence-electron chi connectivity index (χ3n) is 4.28. The molecule has 1 aliphatic rings. The molecule has 23 heavy (non-hydrogen) atoms. The maximum Gasteiger partial charge on any atom is 0.292 e. The topological polar surface area (TPSA) is 101 Å². The van der Waals surface area contributed by atoms with Crippen LogP contribution in [0.3, 0.4) is 0 Å². The molecule has 0 spiro atoms. The summed E-state index contributed by atoms with van der Waals surface area (Å²) in [7, 11) is 0. The Hall–Kier alpha value is -2.41. The first-order chi connectivity index (χ1) is 11.0. The summed E-state index contributed by atoms with van der Waals surface area (Å²) in [5, 5.41) is 28.1. The number of anilines is 1. The molecular weight excluding hydrogens is 298 g/mol. The number of nitrogens with one attached hydrogen (secondary N) is 1. The molecule has 1 saturated carbocycles. The van der Waals surface area contributed by atoms with Crippen molar-refractivity contribution in [3.05, 3.63) is 39.8 Å². The Balaban J connectivity index is 1.94. The van der Waals surface area contributed by atoms with Crippen LogP contribution in [0.4, 0.5) is 11.4 Å². The number of rotatable bonds is 4. The molecule has 1 heterocycles. The molecule has 3 rings (SSSR count). The van der Waals surface area contributed by atoms with Crippen LogP contribution in [0.1, 0.15) is 30.7 Å². The summed E-state index contributed by atoms with van der Waals surface area (Å²) < 4.78 is 5.14. The van der Waals surface area contributed by atoms with E-state index in [9.17, 15) is 15.2 Å². The Morgan fingerprint density at radius 2 is 2.17 bits per heavy atom. The summed E-state index contributed by atoms with van der Waals surface area (Å²) in [4.78, 5) is 11.0. The highest BCUT2D eigenvalue weighted by molar-refractivity contribution is 5.75. The van der Waals surface area contributed by atoms with E-state index in [1.807, 2.05) is 13.0 Å². The zero-order valence-electron chi connectivity index (χ0n) is 13.1. The second-order valence-corrected chi connectivity index (χ2v) is 6.00. The maximum absolute atomic E-state index is 11.4. The molecule has 7 heteroatoms. The molecule has 1 aliphatic carbocycles. The van der Waals surface area contributed by atoms with Crippen molar-refractivity contribution in [3.63, 3.8) is 0 Å². The molecule has 0 amide bonds. The van der Waals surface area contributed by atoms with Crippen LogP contribution in [0.15, 0.2) is 22.7 Å². The molecule has 122 valence electrons. The second kappa shape index (κ2) is 6.00. The highest BCUT2D eigenvalue weighted by Gasteiger charge is 2.26. The first-order valence-electron chi connectivity index (χ1n) is 7.62. The fourth-order valence-corrected chi connectivity index (χ4v) is 3.16. The molecule has 7 nitrogen and oxygen atoms in total. The number of benzene rings is 1. The van der Waals surface area contributed by atoms with Gasteiger partial charge in [0, 0.05) is 17.7 Å². The van der Waals surface area contributed by atoms with Gasteiger partial charge in [0.25, 0.3) is 5.69 Å². The summed E-state index contributed by atoms with van der Waals surface area (Å²) >= 11 is 0. The summed E-state index contributed by atoms with van der Waals surface area (Å²) in [5.41, 5.74) is 2.70. The van der Waals surface area contributed by atoms with Crippen LogP contribution in [-0.4, -0.2) is 27.3 Å². The monoisotopic (exact) mass is 317 g/mol. The van der Waals surface area contributed by atoms with Crippen LogP contribution in [0.25, 0.3) is 11.1 Å². The molecule has 0 bridgehead atoms.